The fourth-order valence-corrected chi connectivity index (χ4v) is 2.19. The molecule has 0 bridgehead atoms. The third-order valence-electron chi connectivity index (χ3n) is 3.12. The zero-order valence-corrected chi connectivity index (χ0v) is 12.3. The Morgan fingerprint density at radius 1 is 1.21 bits per heavy atom. The Bertz CT molecular complexity index is 408. The Morgan fingerprint density at radius 2 is 1.84 bits per heavy atom. The molecule has 1 rings (SSSR count). The lowest BCUT2D eigenvalue weighted by atomic mass is 9.92. The van der Waals surface area contributed by atoms with Gasteiger partial charge >= 0.3 is 0 Å². The number of hydrogen-bond acceptors (Lipinski definition) is 5. The van der Waals surface area contributed by atoms with Gasteiger partial charge in [-0.25, -0.2) is 0 Å². The number of methoxy groups -OCH3 is 2. The van der Waals surface area contributed by atoms with Crippen molar-refractivity contribution in [3.8, 4) is 11.5 Å². The van der Waals surface area contributed by atoms with Crippen molar-refractivity contribution in [1.82, 2.24) is 5.43 Å². The molecule has 19 heavy (non-hydrogen) atoms. The van der Waals surface area contributed by atoms with Crippen molar-refractivity contribution in [3.63, 3.8) is 0 Å². The van der Waals surface area contributed by atoms with Crippen LogP contribution in [-0.2, 0) is 4.74 Å². The first-order valence-corrected chi connectivity index (χ1v) is 6.32. The number of nitrogens with one attached hydrogen (secondary N) is 1. The summed E-state index contributed by atoms with van der Waals surface area (Å²) in [6, 6.07) is 5.57. The molecule has 0 radical (unpaired) electrons. The van der Waals surface area contributed by atoms with Crippen LogP contribution in [0.2, 0.25) is 0 Å². The van der Waals surface area contributed by atoms with Gasteiger partial charge in [0.1, 0.15) is 0 Å². The molecule has 108 valence electrons. The average Bonchev–Trinajstić information content (AvgIpc) is 2.38. The van der Waals surface area contributed by atoms with Crippen molar-refractivity contribution in [1.29, 1.82) is 0 Å². The number of rotatable bonds is 7. The quantitative estimate of drug-likeness (QED) is 0.585. The van der Waals surface area contributed by atoms with Crippen molar-refractivity contribution in [3.05, 3.63) is 23.8 Å². The smallest absolute Gasteiger partial charge is 0.161 e. The van der Waals surface area contributed by atoms with E-state index >= 15 is 0 Å². The van der Waals surface area contributed by atoms with E-state index in [0.29, 0.717) is 18.1 Å². The monoisotopic (exact) mass is 268 g/mol. The molecular weight excluding hydrogens is 244 g/mol. The Labute approximate surface area is 115 Å². The van der Waals surface area contributed by atoms with E-state index in [9.17, 15) is 0 Å². The van der Waals surface area contributed by atoms with Gasteiger partial charge in [-0.2, -0.15) is 0 Å². The topological polar surface area (TPSA) is 65.7 Å². The summed E-state index contributed by atoms with van der Waals surface area (Å²) >= 11 is 0. The SMILES string of the molecule is CCOC(C)(C)C(NN)c1ccc(OC)c(OC)c1. The molecule has 5 nitrogen and oxygen atoms in total. The molecule has 0 aliphatic heterocycles. The molecule has 0 fully saturated rings. The fourth-order valence-electron chi connectivity index (χ4n) is 2.19. The molecule has 0 spiro atoms. The van der Waals surface area contributed by atoms with Crippen molar-refractivity contribution >= 4 is 0 Å². The molecule has 0 saturated heterocycles. The van der Waals surface area contributed by atoms with Crippen LogP contribution in [0.4, 0.5) is 0 Å². The van der Waals surface area contributed by atoms with Crippen molar-refractivity contribution in [2.24, 2.45) is 5.84 Å². The van der Waals surface area contributed by atoms with Crippen LogP contribution >= 0.6 is 0 Å². The standard InChI is InChI=1S/C14H24N2O3/c1-6-19-14(2,3)13(16-15)10-7-8-11(17-4)12(9-10)18-5/h7-9,13,16H,6,15H2,1-5H3. The maximum atomic E-state index is 5.75. The van der Waals surface area contributed by atoms with E-state index in [-0.39, 0.29) is 6.04 Å². The highest BCUT2D eigenvalue weighted by Gasteiger charge is 2.31. The normalized spacial score (nSPS) is 13.2. The van der Waals surface area contributed by atoms with Gasteiger partial charge in [-0.1, -0.05) is 6.07 Å². The molecule has 3 N–H and O–H groups in total. The van der Waals surface area contributed by atoms with Crippen molar-refractivity contribution in [2.45, 2.75) is 32.4 Å². The summed E-state index contributed by atoms with van der Waals surface area (Å²) in [6.07, 6.45) is 0. The molecule has 1 unspecified atom stereocenters. The van der Waals surface area contributed by atoms with Crippen molar-refractivity contribution < 1.29 is 14.2 Å². The Hall–Kier alpha value is -1.30. The minimum atomic E-state index is -0.427. The second-order valence-corrected chi connectivity index (χ2v) is 4.75. The summed E-state index contributed by atoms with van der Waals surface area (Å²) in [5.74, 6) is 7.05. The highest BCUT2D eigenvalue weighted by atomic mass is 16.5. The van der Waals surface area contributed by atoms with Gasteiger partial charge in [0, 0.05) is 6.61 Å². The van der Waals surface area contributed by atoms with Crippen LogP contribution in [0.25, 0.3) is 0 Å². The number of ether oxygens (including phenoxy) is 3. The maximum absolute atomic E-state index is 5.75. The van der Waals surface area contributed by atoms with Crippen LogP contribution in [-0.4, -0.2) is 26.4 Å². The molecule has 0 aliphatic rings. The van der Waals surface area contributed by atoms with Gasteiger partial charge in [-0.05, 0) is 38.5 Å². The van der Waals surface area contributed by atoms with E-state index in [1.807, 2.05) is 39.0 Å². The highest BCUT2D eigenvalue weighted by molar-refractivity contribution is 5.44. The minimum Gasteiger partial charge on any atom is -0.493 e. The van der Waals surface area contributed by atoms with E-state index in [1.54, 1.807) is 14.2 Å². The van der Waals surface area contributed by atoms with Gasteiger partial charge in [-0.15, -0.1) is 0 Å². The van der Waals surface area contributed by atoms with E-state index in [1.165, 1.54) is 0 Å². The van der Waals surface area contributed by atoms with Gasteiger partial charge in [0.25, 0.3) is 0 Å². The zero-order valence-electron chi connectivity index (χ0n) is 12.3. The summed E-state index contributed by atoms with van der Waals surface area (Å²) in [7, 11) is 3.22. The third-order valence-corrected chi connectivity index (χ3v) is 3.12. The van der Waals surface area contributed by atoms with Crippen LogP contribution in [0.3, 0.4) is 0 Å². The molecule has 0 amide bonds. The van der Waals surface area contributed by atoms with Crippen LogP contribution in [0.1, 0.15) is 32.4 Å². The van der Waals surface area contributed by atoms with E-state index < -0.39 is 5.60 Å². The molecular formula is C14H24N2O3. The van der Waals surface area contributed by atoms with E-state index in [0.717, 1.165) is 5.56 Å². The first-order chi connectivity index (χ1) is 9.00. The molecule has 1 aromatic rings. The second-order valence-electron chi connectivity index (χ2n) is 4.75. The van der Waals surface area contributed by atoms with Crippen LogP contribution in [0.5, 0.6) is 11.5 Å². The number of hydrazine groups is 1. The van der Waals surface area contributed by atoms with Crippen LogP contribution in [0, 0.1) is 0 Å². The Morgan fingerprint density at radius 3 is 2.32 bits per heavy atom. The Balaban J connectivity index is 3.12. The molecule has 0 aromatic heterocycles. The molecule has 0 heterocycles. The maximum Gasteiger partial charge on any atom is 0.161 e. The summed E-state index contributed by atoms with van der Waals surface area (Å²) in [6.45, 7) is 6.58. The predicted octanol–water partition coefficient (Wildman–Crippen LogP) is 2.02. The lowest BCUT2D eigenvalue weighted by Gasteiger charge is -2.34. The summed E-state index contributed by atoms with van der Waals surface area (Å²) < 4.78 is 16.3. The van der Waals surface area contributed by atoms with E-state index in [2.05, 4.69) is 5.43 Å². The predicted molar refractivity (Wildman–Crippen MR) is 75.3 cm³/mol. The van der Waals surface area contributed by atoms with Gasteiger partial charge in [0.05, 0.1) is 25.9 Å². The zero-order chi connectivity index (χ0) is 14.5. The molecule has 1 atom stereocenters. The molecule has 0 aliphatic carbocycles. The minimum absolute atomic E-state index is 0.146. The lowest BCUT2D eigenvalue weighted by molar-refractivity contribution is -0.0393. The Kier molecular flexibility index (Phi) is 5.60. The summed E-state index contributed by atoms with van der Waals surface area (Å²) in [4.78, 5) is 0. The van der Waals surface area contributed by atoms with Gasteiger partial charge in [0.2, 0.25) is 0 Å². The molecule has 1 aromatic carbocycles. The second kappa shape index (κ2) is 6.75. The first-order valence-electron chi connectivity index (χ1n) is 6.32. The van der Waals surface area contributed by atoms with Crippen molar-refractivity contribution in [2.75, 3.05) is 20.8 Å². The fraction of sp³-hybridized carbons (Fsp3) is 0.571. The van der Waals surface area contributed by atoms with Gasteiger partial charge in [-0.3, -0.25) is 11.3 Å². The first kappa shape index (κ1) is 15.8. The summed E-state index contributed by atoms with van der Waals surface area (Å²) in [5.41, 5.74) is 3.37. The lowest BCUT2D eigenvalue weighted by Crippen LogP contribution is -2.44. The molecule has 0 saturated carbocycles. The molecule has 5 heteroatoms. The largest absolute Gasteiger partial charge is 0.493 e. The van der Waals surface area contributed by atoms with Gasteiger partial charge in [0.15, 0.2) is 11.5 Å². The van der Waals surface area contributed by atoms with Crippen LogP contribution < -0.4 is 20.7 Å². The number of hydrogen-bond donors (Lipinski definition) is 2. The highest BCUT2D eigenvalue weighted by Crippen LogP contribution is 2.34. The van der Waals surface area contributed by atoms with Gasteiger partial charge < -0.3 is 14.2 Å². The van der Waals surface area contributed by atoms with E-state index in [4.69, 9.17) is 20.1 Å². The number of benzene rings is 1. The van der Waals surface area contributed by atoms with Crippen LogP contribution in [0.15, 0.2) is 18.2 Å². The average molecular weight is 268 g/mol. The third kappa shape index (κ3) is 3.59. The number of nitrogens with two attached hydrogens (primary N) is 1. The summed E-state index contributed by atoms with van der Waals surface area (Å²) in [5, 5.41) is 0.